The maximum absolute atomic E-state index is 5.16. The Morgan fingerprint density at radius 1 is 1.11 bits per heavy atom. The number of hydrogen-bond donors (Lipinski definition) is 1. The van der Waals surface area contributed by atoms with Crippen molar-refractivity contribution in [3.05, 3.63) is 59.7 Å². The molecule has 0 spiro atoms. The van der Waals surface area contributed by atoms with Crippen LogP contribution in [0.1, 0.15) is 11.1 Å². The van der Waals surface area contributed by atoms with E-state index in [1.54, 1.807) is 7.11 Å². The summed E-state index contributed by atoms with van der Waals surface area (Å²) in [6.45, 7) is 0.759. The van der Waals surface area contributed by atoms with Crippen LogP contribution in [-0.2, 0) is 13.0 Å². The molecule has 0 unspecified atom stereocenters. The molecule has 1 aliphatic heterocycles. The maximum Gasteiger partial charge on any atom is 0.118 e. The van der Waals surface area contributed by atoms with Gasteiger partial charge in [0.25, 0.3) is 0 Å². The van der Waals surface area contributed by atoms with E-state index in [-0.39, 0.29) is 0 Å². The number of hydrogen-bond acceptors (Lipinski definition) is 3. The van der Waals surface area contributed by atoms with Crippen molar-refractivity contribution >= 4 is 11.5 Å². The van der Waals surface area contributed by atoms with E-state index in [1.807, 2.05) is 24.3 Å². The van der Waals surface area contributed by atoms with Crippen molar-refractivity contribution in [2.24, 2.45) is 4.99 Å². The van der Waals surface area contributed by atoms with Crippen molar-refractivity contribution in [1.29, 1.82) is 0 Å². The van der Waals surface area contributed by atoms with Crippen LogP contribution in [0.3, 0.4) is 0 Å². The summed E-state index contributed by atoms with van der Waals surface area (Å²) >= 11 is 0. The highest BCUT2D eigenvalue weighted by Gasteiger charge is 2.10. The van der Waals surface area contributed by atoms with Gasteiger partial charge in [0, 0.05) is 12.1 Å². The van der Waals surface area contributed by atoms with E-state index >= 15 is 0 Å². The lowest BCUT2D eigenvalue weighted by Gasteiger charge is -2.18. The van der Waals surface area contributed by atoms with E-state index in [0.717, 1.165) is 24.6 Å². The quantitative estimate of drug-likeness (QED) is 0.909. The van der Waals surface area contributed by atoms with Crippen LogP contribution in [0.4, 0.5) is 5.69 Å². The van der Waals surface area contributed by atoms with Gasteiger partial charge in [0.2, 0.25) is 0 Å². The molecular formula is C16H16N2O. The second-order valence-corrected chi connectivity index (χ2v) is 4.57. The van der Waals surface area contributed by atoms with E-state index in [1.165, 1.54) is 16.8 Å². The lowest BCUT2D eigenvalue weighted by atomic mass is 10.1. The molecule has 0 atom stereocenters. The standard InChI is InChI=1S/C16H16N2O/c1-19-14-8-6-12(7-9-14)10-16-17-11-13-4-2-3-5-15(13)18-16/h2-9H,10-11H2,1H3,(H,17,18). The maximum atomic E-state index is 5.16. The Labute approximate surface area is 113 Å². The number of fused-ring (bicyclic) bond motifs is 1. The Balaban J connectivity index is 1.73. The Bertz CT molecular complexity index is 602. The highest BCUT2D eigenvalue weighted by Crippen LogP contribution is 2.21. The fourth-order valence-electron chi connectivity index (χ4n) is 2.19. The largest absolute Gasteiger partial charge is 0.497 e. The average molecular weight is 252 g/mol. The zero-order chi connectivity index (χ0) is 13.1. The molecule has 3 rings (SSSR count). The van der Waals surface area contributed by atoms with Crippen molar-refractivity contribution in [3.8, 4) is 5.75 Å². The Kier molecular flexibility index (Phi) is 3.19. The fraction of sp³-hybridized carbons (Fsp3) is 0.188. The number of nitrogens with zero attached hydrogens (tertiary/aromatic N) is 1. The Morgan fingerprint density at radius 3 is 2.68 bits per heavy atom. The number of amidine groups is 1. The van der Waals surface area contributed by atoms with Crippen LogP contribution in [0.5, 0.6) is 5.75 Å². The first kappa shape index (κ1) is 11.8. The number of benzene rings is 2. The first-order valence-electron chi connectivity index (χ1n) is 6.36. The van der Waals surface area contributed by atoms with Gasteiger partial charge in [0.1, 0.15) is 11.6 Å². The van der Waals surface area contributed by atoms with E-state index in [9.17, 15) is 0 Å². The predicted octanol–water partition coefficient (Wildman–Crippen LogP) is 3.26. The third-order valence-electron chi connectivity index (χ3n) is 3.27. The van der Waals surface area contributed by atoms with Gasteiger partial charge in [-0.1, -0.05) is 30.3 Å². The summed E-state index contributed by atoms with van der Waals surface area (Å²) in [6, 6.07) is 16.4. The molecule has 0 bridgehead atoms. The molecule has 2 aromatic carbocycles. The van der Waals surface area contributed by atoms with Crippen LogP contribution in [0.25, 0.3) is 0 Å². The number of nitrogens with one attached hydrogen (secondary N) is 1. The van der Waals surface area contributed by atoms with Gasteiger partial charge in [-0.2, -0.15) is 0 Å². The monoisotopic (exact) mass is 252 g/mol. The zero-order valence-electron chi connectivity index (χ0n) is 10.9. The smallest absolute Gasteiger partial charge is 0.118 e. The average Bonchev–Trinajstić information content (AvgIpc) is 2.48. The summed E-state index contributed by atoms with van der Waals surface area (Å²) in [4.78, 5) is 4.58. The van der Waals surface area contributed by atoms with Gasteiger partial charge in [-0.25, -0.2) is 0 Å². The molecule has 0 amide bonds. The molecule has 2 aromatic rings. The van der Waals surface area contributed by atoms with Gasteiger partial charge < -0.3 is 10.1 Å². The Hall–Kier alpha value is -2.29. The van der Waals surface area contributed by atoms with Crippen LogP contribution in [0.15, 0.2) is 53.5 Å². The fourth-order valence-corrected chi connectivity index (χ4v) is 2.19. The lowest BCUT2D eigenvalue weighted by Crippen LogP contribution is -2.20. The zero-order valence-corrected chi connectivity index (χ0v) is 10.9. The van der Waals surface area contributed by atoms with Gasteiger partial charge >= 0.3 is 0 Å². The highest BCUT2D eigenvalue weighted by atomic mass is 16.5. The van der Waals surface area contributed by atoms with Gasteiger partial charge in [0.15, 0.2) is 0 Å². The molecule has 0 aromatic heterocycles. The van der Waals surface area contributed by atoms with E-state index in [2.05, 4.69) is 34.6 Å². The minimum Gasteiger partial charge on any atom is -0.497 e. The van der Waals surface area contributed by atoms with Crippen LogP contribution < -0.4 is 10.1 Å². The third kappa shape index (κ3) is 2.60. The molecule has 0 radical (unpaired) electrons. The summed E-state index contributed by atoms with van der Waals surface area (Å²) in [7, 11) is 1.68. The number of anilines is 1. The molecule has 0 fully saturated rings. The molecule has 1 heterocycles. The third-order valence-corrected chi connectivity index (χ3v) is 3.27. The minimum absolute atomic E-state index is 0.759. The molecule has 0 saturated heterocycles. The number of rotatable bonds is 3. The number of ether oxygens (including phenoxy) is 1. The number of para-hydroxylation sites is 1. The normalized spacial score (nSPS) is 13.2. The molecule has 96 valence electrons. The van der Waals surface area contributed by atoms with Gasteiger partial charge in [-0.3, -0.25) is 4.99 Å². The van der Waals surface area contributed by atoms with Gasteiger partial charge in [0.05, 0.1) is 13.7 Å². The van der Waals surface area contributed by atoms with Crippen molar-refractivity contribution in [2.75, 3.05) is 12.4 Å². The molecule has 0 saturated carbocycles. The molecule has 1 N–H and O–H groups in total. The van der Waals surface area contributed by atoms with Crippen molar-refractivity contribution < 1.29 is 4.74 Å². The van der Waals surface area contributed by atoms with Crippen LogP contribution in [0, 0.1) is 0 Å². The molecule has 1 aliphatic rings. The van der Waals surface area contributed by atoms with Crippen LogP contribution in [0.2, 0.25) is 0 Å². The summed E-state index contributed by atoms with van der Waals surface area (Å²) in [6.07, 6.45) is 0.818. The molecule has 0 aliphatic carbocycles. The summed E-state index contributed by atoms with van der Waals surface area (Å²) in [5, 5.41) is 3.39. The van der Waals surface area contributed by atoms with Crippen LogP contribution in [-0.4, -0.2) is 12.9 Å². The van der Waals surface area contributed by atoms with Crippen LogP contribution >= 0.6 is 0 Å². The summed E-state index contributed by atoms with van der Waals surface area (Å²) in [5.41, 5.74) is 3.65. The molecular weight excluding hydrogens is 236 g/mol. The first-order valence-corrected chi connectivity index (χ1v) is 6.36. The number of aliphatic imine (C=N–C) groups is 1. The number of methoxy groups -OCH3 is 1. The van der Waals surface area contributed by atoms with Crippen molar-refractivity contribution in [3.63, 3.8) is 0 Å². The molecule has 3 heteroatoms. The lowest BCUT2D eigenvalue weighted by molar-refractivity contribution is 0.414. The minimum atomic E-state index is 0.759. The SMILES string of the molecule is COc1ccc(CC2=NCc3ccccc3N2)cc1. The second-order valence-electron chi connectivity index (χ2n) is 4.57. The van der Waals surface area contributed by atoms with E-state index < -0.39 is 0 Å². The topological polar surface area (TPSA) is 33.6 Å². The molecule has 19 heavy (non-hydrogen) atoms. The van der Waals surface area contributed by atoms with E-state index in [4.69, 9.17) is 4.74 Å². The first-order chi connectivity index (χ1) is 9.35. The summed E-state index contributed by atoms with van der Waals surface area (Å²) < 4.78 is 5.16. The Morgan fingerprint density at radius 2 is 1.89 bits per heavy atom. The second kappa shape index (κ2) is 5.14. The summed E-state index contributed by atoms with van der Waals surface area (Å²) in [5.74, 6) is 1.90. The van der Waals surface area contributed by atoms with Gasteiger partial charge in [-0.15, -0.1) is 0 Å². The van der Waals surface area contributed by atoms with Crippen molar-refractivity contribution in [2.45, 2.75) is 13.0 Å². The van der Waals surface area contributed by atoms with E-state index in [0.29, 0.717) is 0 Å². The van der Waals surface area contributed by atoms with Crippen molar-refractivity contribution in [1.82, 2.24) is 0 Å². The predicted molar refractivity (Wildman–Crippen MR) is 77.9 cm³/mol. The molecule has 3 nitrogen and oxygen atoms in total. The van der Waals surface area contributed by atoms with Gasteiger partial charge in [-0.05, 0) is 29.3 Å². The highest BCUT2D eigenvalue weighted by molar-refractivity contribution is 5.98.